The van der Waals surface area contributed by atoms with Gasteiger partial charge in [0, 0.05) is 36.9 Å². The molecule has 2 aliphatic heterocycles. The highest BCUT2D eigenvalue weighted by Crippen LogP contribution is 2.64. The topological polar surface area (TPSA) is 82.1 Å². The van der Waals surface area contributed by atoms with E-state index in [0.717, 1.165) is 5.57 Å². The third-order valence-electron chi connectivity index (χ3n) is 6.96. The van der Waals surface area contributed by atoms with Gasteiger partial charge in [0.2, 0.25) is 0 Å². The maximum atomic E-state index is 13.7. The second-order valence-electron chi connectivity index (χ2n) is 8.64. The van der Waals surface area contributed by atoms with Gasteiger partial charge < -0.3 is 19.3 Å². The largest absolute Gasteiger partial charge is 0.507 e. The van der Waals surface area contributed by atoms with Crippen LogP contribution in [0.5, 0.6) is 11.5 Å². The van der Waals surface area contributed by atoms with E-state index in [1.54, 1.807) is 25.3 Å². The molecule has 4 bridgehead atoms. The Labute approximate surface area is 169 Å². The highest BCUT2D eigenvalue weighted by Gasteiger charge is 2.79. The first-order valence-corrected chi connectivity index (χ1v) is 9.96. The van der Waals surface area contributed by atoms with E-state index in [9.17, 15) is 14.7 Å². The lowest BCUT2D eigenvalue weighted by atomic mass is 9.49. The van der Waals surface area contributed by atoms with Crippen LogP contribution in [0, 0.1) is 17.8 Å². The van der Waals surface area contributed by atoms with E-state index in [1.807, 2.05) is 19.9 Å². The molecule has 1 aromatic rings. The number of phenolic OH excluding ortho intramolecular Hbond substituents is 1. The molecule has 1 aromatic carbocycles. The van der Waals surface area contributed by atoms with Crippen LogP contribution in [0.2, 0.25) is 0 Å². The number of hydrogen-bond donors (Lipinski definition) is 1. The van der Waals surface area contributed by atoms with Gasteiger partial charge in [0.05, 0.1) is 13.2 Å². The fourth-order valence-corrected chi connectivity index (χ4v) is 5.74. The zero-order valence-electron chi connectivity index (χ0n) is 16.7. The van der Waals surface area contributed by atoms with Crippen molar-refractivity contribution in [2.45, 2.75) is 31.5 Å². The van der Waals surface area contributed by atoms with Crippen molar-refractivity contribution >= 4 is 11.6 Å². The molecule has 1 N–H and O–H groups in total. The van der Waals surface area contributed by atoms with Gasteiger partial charge in [0.15, 0.2) is 22.8 Å². The Morgan fingerprint density at radius 2 is 2.14 bits per heavy atom. The summed E-state index contributed by atoms with van der Waals surface area (Å²) in [6.45, 7) is 4.65. The number of rotatable bonds is 4. The van der Waals surface area contributed by atoms with Gasteiger partial charge in [-0.3, -0.25) is 9.59 Å². The molecule has 0 amide bonds. The monoisotopic (exact) mass is 396 g/mol. The summed E-state index contributed by atoms with van der Waals surface area (Å²) in [5.41, 5.74) is -0.785. The van der Waals surface area contributed by atoms with E-state index >= 15 is 0 Å². The minimum Gasteiger partial charge on any atom is -0.507 e. The third kappa shape index (κ3) is 2.08. The van der Waals surface area contributed by atoms with Gasteiger partial charge in [0.1, 0.15) is 17.1 Å². The summed E-state index contributed by atoms with van der Waals surface area (Å²) in [6.07, 6.45) is 4.07. The lowest BCUT2D eigenvalue weighted by molar-refractivity contribution is -0.172. The molecule has 2 heterocycles. The normalized spacial score (nSPS) is 36.2. The molecule has 2 fully saturated rings. The standard InChI is InChI=1S/C23H24O6/c1-12(2)7-8-22-21(26)13-9-15-20(25)19-17(24)5-4-6-18(19)29-23(15,22)16(11-28-22)14(13)10-27-3/h4-7,9,13-14,16,24H,8,10-11H2,1-3H3/t13-,14+,16-,22+,23-/m1/s1. The highest BCUT2D eigenvalue weighted by atomic mass is 16.6. The van der Waals surface area contributed by atoms with Crippen molar-refractivity contribution in [2.24, 2.45) is 17.8 Å². The molecular weight excluding hydrogens is 372 g/mol. The van der Waals surface area contributed by atoms with Crippen LogP contribution in [0.4, 0.5) is 0 Å². The lowest BCUT2D eigenvalue weighted by Crippen LogP contribution is -2.74. The molecule has 3 aliphatic carbocycles. The Hall–Kier alpha value is -2.44. The Bertz CT molecular complexity index is 987. The molecule has 0 unspecified atom stereocenters. The number of ether oxygens (including phenoxy) is 3. The second-order valence-corrected chi connectivity index (χ2v) is 8.64. The summed E-state index contributed by atoms with van der Waals surface area (Å²) in [7, 11) is 1.61. The predicted octanol–water partition coefficient (Wildman–Crippen LogP) is 2.85. The molecule has 1 saturated heterocycles. The van der Waals surface area contributed by atoms with Crippen LogP contribution in [-0.2, 0) is 14.3 Å². The summed E-state index contributed by atoms with van der Waals surface area (Å²) in [6, 6.07) is 4.78. The van der Waals surface area contributed by atoms with Gasteiger partial charge in [-0.15, -0.1) is 0 Å². The lowest BCUT2D eigenvalue weighted by Gasteiger charge is -2.58. The van der Waals surface area contributed by atoms with E-state index in [2.05, 4.69) is 0 Å². The summed E-state index contributed by atoms with van der Waals surface area (Å²) in [4.78, 5) is 27.2. The number of methoxy groups -OCH3 is 1. The molecular formula is C23H24O6. The summed E-state index contributed by atoms with van der Waals surface area (Å²) < 4.78 is 18.2. The first kappa shape index (κ1) is 18.6. The number of carbonyl (C=O) groups is 2. The van der Waals surface area contributed by atoms with Gasteiger partial charge in [-0.25, -0.2) is 0 Å². The van der Waals surface area contributed by atoms with Crippen molar-refractivity contribution in [1.82, 2.24) is 0 Å². The maximum Gasteiger partial charge on any atom is 0.200 e. The van der Waals surface area contributed by atoms with Gasteiger partial charge in [0.25, 0.3) is 0 Å². The van der Waals surface area contributed by atoms with Crippen molar-refractivity contribution in [1.29, 1.82) is 0 Å². The fourth-order valence-electron chi connectivity index (χ4n) is 5.74. The first-order valence-electron chi connectivity index (χ1n) is 9.96. The Kier molecular flexibility index (Phi) is 3.86. The summed E-state index contributed by atoms with van der Waals surface area (Å²) >= 11 is 0. The van der Waals surface area contributed by atoms with Crippen molar-refractivity contribution < 1.29 is 28.9 Å². The number of fused-ring (bicyclic) bond motifs is 1. The van der Waals surface area contributed by atoms with Gasteiger partial charge in [-0.05, 0) is 26.0 Å². The number of carbonyl (C=O) groups excluding carboxylic acids is 2. The number of phenols is 1. The molecule has 152 valence electrons. The Morgan fingerprint density at radius 1 is 1.34 bits per heavy atom. The third-order valence-corrected chi connectivity index (χ3v) is 6.96. The minimum absolute atomic E-state index is 0.0500. The van der Waals surface area contributed by atoms with E-state index in [-0.39, 0.29) is 34.7 Å². The SMILES string of the molecule is COC[C@@H]1[C@H]2CO[C@@]3(CC=C(C)C)C(=O)[C@@H]1C=C1C(=O)c4c(O)cccc4O[C@]123. The quantitative estimate of drug-likeness (QED) is 0.788. The molecule has 6 nitrogen and oxygen atoms in total. The average molecular weight is 396 g/mol. The number of Topliss-reactive ketones (excluding diaryl/α,β-unsaturated/α-hetero) is 2. The minimum atomic E-state index is -1.24. The number of aromatic hydroxyl groups is 1. The van der Waals surface area contributed by atoms with Gasteiger partial charge in [-0.1, -0.05) is 23.8 Å². The number of ketones is 2. The second kappa shape index (κ2) is 6.03. The molecule has 5 aliphatic rings. The predicted molar refractivity (Wildman–Crippen MR) is 104 cm³/mol. The van der Waals surface area contributed by atoms with Crippen LogP contribution in [0.15, 0.2) is 41.5 Å². The highest BCUT2D eigenvalue weighted by molar-refractivity contribution is 6.18. The molecule has 6 rings (SSSR count). The summed E-state index contributed by atoms with van der Waals surface area (Å²) in [5, 5.41) is 10.3. The molecule has 5 atom stereocenters. The Morgan fingerprint density at radius 3 is 2.86 bits per heavy atom. The van der Waals surface area contributed by atoms with E-state index in [4.69, 9.17) is 14.2 Å². The summed E-state index contributed by atoms with van der Waals surface area (Å²) in [5.74, 6) is -0.921. The number of allylic oxidation sites excluding steroid dienone is 2. The van der Waals surface area contributed by atoms with E-state index < -0.39 is 17.1 Å². The van der Waals surface area contributed by atoms with Crippen molar-refractivity contribution in [3.05, 3.63) is 47.1 Å². The molecule has 0 radical (unpaired) electrons. The molecule has 29 heavy (non-hydrogen) atoms. The van der Waals surface area contributed by atoms with Crippen molar-refractivity contribution in [3.63, 3.8) is 0 Å². The van der Waals surface area contributed by atoms with Crippen LogP contribution in [-0.4, -0.2) is 48.2 Å². The van der Waals surface area contributed by atoms with Crippen LogP contribution in [0.3, 0.4) is 0 Å². The molecule has 1 saturated carbocycles. The van der Waals surface area contributed by atoms with Crippen LogP contribution in [0.1, 0.15) is 30.6 Å². The van der Waals surface area contributed by atoms with E-state index in [0.29, 0.717) is 31.0 Å². The molecule has 1 spiro atoms. The Balaban J connectivity index is 1.77. The zero-order valence-corrected chi connectivity index (χ0v) is 16.7. The van der Waals surface area contributed by atoms with Crippen LogP contribution in [0.25, 0.3) is 0 Å². The molecule has 6 heteroatoms. The van der Waals surface area contributed by atoms with Gasteiger partial charge in [-0.2, -0.15) is 0 Å². The fraction of sp³-hybridized carbons (Fsp3) is 0.478. The van der Waals surface area contributed by atoms with Crippen LogP contribution >= 0.6 is 0 Å². The first-order chi connectivity index (χ1) is 13.9. The van der Waals surface area contributed by atoms with E-state index in [1.165, 1.54) is 6.07 Å². The molecule has 0 aromatic heterocycles. The van der Waals surface area contributed by atoms with Crippen molar-refractivity contribution in [3.8, 4) is 11.5 Å². The van der Waals surface area contributed by atoms with Crippen LogP contribution < -0.4 is 4.74 Å². The smallest absolute Gasteiger partial charge is 0.200 e. The zero-order chi connectivity index (χ0) is 20.6. The number of benzene rings is 1. The van der Waals surface area contributed by atoms with Gasteiger partial charge >= 0.3 is 0 Å². The number of hydrogen-bond acceptors (Lipinski definition) is 6. The van der Waals surface area contributed by atoms with Crippen molar-refractivity contribution in [2.75, 3.05) is 20.3 Å². The average Bonchev–Trinajstić information content (AvgIpc) is 2.96. The maximum absolute atomic E-state index is 13.7.